The van der Waals surface area contributed by atoms with Crippen molar-refractivity contribution in [3.05, 3.63) is 59.7 Å². The Balaban J connectivity index is 1.85. The van der Waals surface area contributed by atoms with Gasteiger partial charge >= 0.3 is 5.97 Å². The van der Waals surface area contributed by atoms with Crippen molar-refractivity contribution < 1.29 is 22.7 Å². The maximum atomic E-state index is 12.3. The molecule has 0 radical (unpaired) electrons. The van der Waals surface area contributed by atoms with Gasteiger partial charge in [-0.1, -0.05) is 49.7 Å². The summed E-state index contributed by atoms with van der Waals surface area (Å²) in [6, 6.07) is 13.9. The summed E-state index contributed by atoms with van der Waals surface area (Å²) in [5.74, 6) is -1.28. The van der Waals surface area contributed by atoms with Gasteiger partial charge in [0, 0.05) is 5.69 Å². The quantitative estimate of drug-likeness (QED) is 0.626. The van der Waals surface area contributed by atoms with Crippen LogP contribution >= 0.6 is 0 Å². The molecule has 0 heterocycles. The third-order valence-electron chi connectivity index (χ3n) is 4.70. The molecule has 0 aliphatic heterocycles. The van der Waals surface area contributed by atoms with Gasteiger partial charge in [0.15, 0.2) is 16.4 Å². The first kappa shape index (κ1) is 22.6. The summed E-state index contributed by atoms with van der Waals surface area (Å²) in [6.07, 6.45) is 0.615. The van der Waals surface area contributed by atoms with E-state index in [4.69, 9.17) is 4.74 Å². The van der Waals surface area contributed by atoms with Crippen molar-refractivity contribution in [2.45, 2.75) is 44.4 Å². The van der Waals surface area contributed by atoms with Crippen molar-refractivity contribution in [1.82, 2.24) is 0 Å². The number of nitrogens with one attached hydrogen (secondary N) is 1. The number of hydrogen-bond donors (Lipinski definition) is 1. The van der Waals surface area contributed by atoms with E-state index in [2.05, 4.69) is 19.2 Å². The number of hydrogen-bond acceptors (Lipinski definition) is 5. The second-order valence-electron chi connectivity index (χ2n) is 6.99. The summed E-state index contributed by atoms with van der Waals surface area (Å²) in [6.45, 7) is 5.54. The van der Waals surface area contributed by atoms with Crippen LogP contribution in [0, 0.1) is 6.92 Å². The Labute approximate surface area is 172 Å². The maximum Gasteiger partial charge on any atom is 0.307 e. The van der Waals surface area contributed by atoms with E-state index in [0.29, 0.717) is 5.69 Å². The Morgan fingerprint density at radius 1 is 1.07 bits per heavy atom. The van der Waals surface area contributed by atoms with Crippen LogP contribution in [0.15, 0.2) is 53.4 Å². The molecular weight excluding hydrogens is 390 g/mol. The number of ether oxygens (including phenoxy) is 1. The van der Waals surface area contributed by atoms with Gasteiger partial charge in [-0.3, -0.25) is 9.59 Å². The summed E-state index contributed by atoms with van der Waals surface area (Å²) in [4.78, 5) is 24.2. The molecule has 1 atom stereocenters. The first-order valence-electron chi connectivity index (χ1n) is 9.56. The second kappa shape index (κ2) is 10.2. The van der Waals surface area contributed by atoms with Crippen molar-refractivity contribution in [3.63, 3.8) is 0 Å². The standard InChI is InChI=1S/C22H27NO5S/c1-4-17(3)19-7-5-6-8-20(19)23-21(24)15-28-22(25)13-14-29(26,27)18-11-9-16(2)10-12-18/h5-12,17H,4,13-15H2,1-3H3,(H,23,24). The van der Waals surface area contributed by atoms with E-state index in [1.165, 1.54) is 12.1 Å². The van der Waals surface area contributed by atoms with Crippen LogP contribution in [-0.4, -0.2) is 32.7 Å². The third-order valence-corrected chi connectivity index (χ3v) is 6.43. The lowest BCUT2D eigenvalue weighted by Crippen LogP contribution is -2.22. The molecule has 0 saturated carbocycles. The SMILES string of the molecule is CCC(C)c1ccccc1NC(=O)COC(=O)CCS(=O)(=O)c1ccc(C)cc1. The number of amides is 1. The van der Waals surface area contributed by atoms with E-state index in [1.807, 2.05) is 25.1 Å². The highest BCUT2D eigenvalue weighted by Gasteiger charge is 2.18. The predicted molar refractivity (Wildman–Crippen MR) is 113 cm³/mol. The lowest BCUT2D eigenvalue weighted by atomic mass is 9.97. The van der Waals surface area contributed by atoms with E-state index >= 15 is 0 Å². The average Bonchev–Trinajstić information content (AvgIpc) is 2.71. The number of carbonyl (C=O) groups is 2. The zero-order chi connectivity index (χ0) is 21.4. The van der Waals surface area contributed by atoms with Crippen molar-refractivity contribution in [3.8, 4) is 0 Å². The van der Waals surface area contributed by atoms with Crippen LogP contribution in [0.3, 0.4) is 0 Å². The molecule has 2 aromatic rings. The number of esters is 1. The van der Waals surface area contributed by atoms with Gasteiger partial charge in [-0.2, -0.15) is 0 Å². The largest absolute Gasteiger partial charge is 0.456 e. The fourth-order valence-electron chi connectivity index (χ4n) is 2.75. The van der Waals surface area contributed by atoms with Gasteiger partial charge in [0.1, 0.15) is 0 Å². The molecule has 0 aromatic heterocycles. The van der Waals surface area contributed by atoms with Crippen molar-refractivity contribution in [1.29, 1.82) is 0 Å². The first-order chi connectivity index (χ1) is 13.7. The summed E-state index contributed by atoms with van der Waals surface area (Å²) in [5.41, 5.74) is 2.65. The minimum Gasteiger partial charge on any atom is -0.456 e. The second-order valence-corrected chi connectivity index (χ2v) is 9.10. The number of rotatable bonds is 9. The Morgan fingerprint density at radius 3 is 2.38 bits per heavy atom. The number of para-hydroxylation sites is 1. The Kier molecular flexibility index (Phi) is 7.96. The van der Waals surface area contributed by atoms with Crippen molar-refractivity contribution in [2.24, 2.45) is 0 Å². The van der Waals surface area contributed by atoms with E-state index in [-0.39, 0.29) is 23.0 Å². The molecular formula is C22H27NO5S. The van der Waals surface area contributed by atoms with E-state index in [9.17, 15) is 18.0 Å². The molecule has 0 bridgehead atoms. The maximum absolute atomic E-state index is 12.3. The summed E-state index contributed by atoms with van der Waals surface area (Å²) in [7, 11) is -3.58. The summed E-state index contributed by atoms with van der Waals surface area (Å²) < 4.78 is 29.5. The zero-order valence-electron chi connectivity index (χ0n) is 17.0. The molecule has 0 fully saturated rings. The average molecular weight is 418 g/mol. The van der Waals surface area contributed by atoms with Gasteiger partial charge in [-0.05, 0) is 43.0 Å². The zero-order valence-corrected chi connectivity index (χ0v) is 17.8. The molecule has 0 aliphatic carbocycles. The fourth-order valence-corrected chi connectivity index (χ4v) is 3.97. The predicted octanol–water partition coefficient (Wildman–Crippen LogP) is 3.85. The van der Waals surface area contributed by atoms with Crippen molar-refractivity contribution >= 4 is 27.4 Å². The van der Waals surface area contributed by atoms with Crippen LogP contribution in [0.2, 0.25) is 0 Å². The molecule has 0 spiro atoms. The monoisotopic (exact) mass is 417 g/mol. The lowest BCUT2D eigenvalue weighted by molar-refractivity contribution is -0.146. The molecule has 6 nitrogen and oxygen atoms in total. The molecule has 1 amide bonds. The smallest absolute Gasteiger partial charge is 0.307 e. The highest BCUT2D eigenvalue weighted by molar-refractivity contribution is 7.91. The van der Waals surface area contributed by atoms with Crippen molar-refractivity contribution in [2.75, 3.05) is 17.7 Å². The topological polar surface area (TPSA) is 89.5 Å². The molecule has 156 valence electrons. The Hall–Kier alpha value is -2.67. The molecule has 0 saturated heterocycles. The summed E-state index contributed by atoms with van der Waals surface area (Å²) >= 11 is 0. The van der Waals surface area contributed by atoms with Gasteiger partial charge in [-0.15, -0.1) is 0 Å². The molecule has 2 aromatic carbocycles. The number of aryl methyl sites for hydroxylation is 1. The molecule has 2 rings (SSSR count). The van der Waals surface area contributed by atoms with E-state index in [0.717, 1.165) is 17.5 Å². The Morgan fingerprint density at radius 2 is 1.72 bits per heavy atom. The highest BCUT2D eigenvalue weighted by atomic mass is 32.2. The van der Waals surface area contributed by atoms with Gasteiger partial charge in [0.2, 0.25) is 0 Å². The van der Waals surface area contributed by atoms with Crippen LogP contribution in [0.4, 0.5) is 5.69 Å². The van der Waals surface area contributed by atoms with Crippen LogP contribution < -0.4 is 5.32 Å². The van der Waals surface area contributed by atoms with Crippen LogP contribution in [0.5, 0.6) is 0 Å². The number of anilines is 1. The molecule has 1 N–H and O–H groups in total. The summed E-state index contributed by atoms with van der Waals surface area (Å²) in [5, 5.41) is 2.75. The van der Waals surface area contributed by atoms with E-state index < -0.39 is 28.3 Å². The lowest BCUT2D eigenvalue weighted by Gasteiger charge is -2.15. The van der Waals surface area contributed by atoms with Gasteiger partial charge in [0.05, 0.1) is 17.1 Å². The molecule has 29 heavy (non-hydrogen) atoms. The minimum absolute atomic E-state index is 0.162. The van der Waals surface area contributed by atoms with Gasteiger partial charge < -0.3 is 10.1 Å². The molecule has 1 unspecified atom stereocenters. The van der Waals surface area contributed by atoms with Gasteiger partial charge in [0.25, 0.3) is 5.91 Å². The molecule has 7 heteroatoms. The Bertz CT molecular complexity index is 951. The first-order valence-corrected chi connectivity index (χ1v) is 11.2. The van der Waals surface area contributed by atoms with Gasteiger partial charge in [-0.25, -0.2) is 8.42 Å². The molecule has 0 aliphatic rings. The normalized spacial score (nSPS) is 12.2. The van der Waals surface area contributed by atoms with Crippen LogP contribution in [0.25, 0.3) is 0 Å². The third kappa shape index (κ3) is 6.71. The number of sulfone groups is 1. The van der Waals surface area contributed by atoms with Crippen LogP contribution in [0.1, 0.15) is 43.7 Å². The highest BCUT2D eigenvalue weighted by Crippen LogP contribution is 2.26. The van der Waals surface area contributed by atoms with Crippen LogP contribution in [-0.2, 0) is 24.2 Å². The fraction of sp³-hybridized carbons (Fsp3) is 0.364. The number of carbonyl (C=O) groups excluding carboxylic acids is 2. The van der Waals surface area contributed by atoms with E-state index in [1.54, 1.807) is 18.2 Å². The minimum atomic E-state index is -3.58. The number of benzene rings is 2.